The lowest BCUT2D eigenvalue weighted by atomic mass is 10.1. The molecule has 0 spiro atoms. The molecule has 1 unspecified atom stereocenters. The van der Waals surface area contributed by atoms with Gasteiger partial charge in [0.15, 0.2) is 5.82 Å². The van der Waals surface area contributed by atoms with E-state index in [0.717, 1.165) is 48.4 Å². The highest BCUT2D eigenvalue weighted by molar-refractivity contribution is 5.52. The van der Waals surface area contributed by atoms with E-state index < -0.39 is 0 Å². The molecule has 0 radical (unpaired) electrons. The van der Waals surface area contributed by atoms with Gasteiger partial charge in [0.25, 0.3) is 0 Å². The third kappa shape index (κ3) is 4.63. The Morgan fingerprint density at radius 1 is 1.17 bits per heavy atom. The number of hydrogen-bond donors (Lipinski definition) is 1. The summed E-state index contributed by atoms with van der Waals surface area (Å²) in [4.78, 5) is 7.17. The first kappa shape index (κ1) is 20.4. The molecule has 2 aromatic heterocycles. The molecule has 3 heterocycles. The number of anilines is 2. The molecule has 0 amide bonds. The van der Waals surface area contributed by atoms with Crippen LogP contribution in [0, 0.1) is 13.8 Å². The van der Waals surface area contributed by atoms with Gasteiger partial charge in [-0.1, -0.05) is 18.2 Å². The minimum absolute atomic E-state index is 0.0672. The number of ether oxygens (including phenoxy) is 2. The average Bonchev–Trinajstić information content (AvgIpc) is 3.06. The number of benzene rings is 1. The molecule has 7 nitrogen and oxygen atoms in total. The fourth-order valence-corrected chi connectivity index (χ4v) is 3.70. The Hall–Kier alpha value is -2.90. The second-order valence-corrected chi connectivity index (χ2v) is 7.78. The summed E-state index contributed by atoms with van der Waals surface area (Å²) in [5.74, 6) is 2.50. The van der Waals surface area contributed by atoms with E-state index in [0.29, 0.717) is 6.61 Å². The van der Waals surface area contributed by atoms with Crippen molar-refractivity contribution >= 4 is 11.6 Å². The SMILES string of the molecule is COc1cc(C)ccc1CN1CCOC(c2cccc(Nc3cc(C)n(C)n3)n2)C1. The smallest absolute Gasteiger partial charge is 0.153 e. The van der Waals surface area contributed by atoms with Crippen molar-refractivity contribution in [2.75, 3.05) is 32.1 Å². The van der Waals surface area contributed by atoms with Gasteiger partial charge in [-0.25, -0.2) is 4.98 Å². The van der Waals surface area contributed by atoms with Gasteiger partial charge in [0.1, 0.15) is 17.7 Å². The number of methoxy groups -OCH3 is 1. The van der Waals surface area contributed by atoms with Crippen LogP contribution in [0.4, 0.5) is 11.6 Å². The standard InChI is InChI=1S/C23H29N5O2/c1-16-8-9-18(20(12-16)29-4)14-28-10-11-30-21(15-28)19-6-5-7-22(24-19)25-23-13-17(2)27(3)26-23/h5-9,12-13,21H,10-11,14-15H2,1-4H3,(H,24,25,26). The average molecular weight is 408 g/mol. The molecule has 1 aromatic carbocycles. The number of rotatable bonds is 6. The molecule has 1 saturated heterocycles. The van der Waals surface area contributed by atoms with E-state index in [1.807, 2.05) is 42.9 Å². The Morgan fingerprint density at radius 3 is 2.80 bits per heavy atom. The maximum atomic E-state index is 6.05. The molecule has 1 atom stereocenters. The van der Waals surface area contributed by atoms with Gasteiger partial charge in [-0.2, -0.15) is 5.10 Å². The molecule has 1 aliphatic rings. The summed E-state index contributed by atoms with van der Waals surface area (Å²) in [5.41, 5.74) is 4.41. The zero-order valence-electron chi connectivity index (χ0n) is 18.1. The molecule has 1 fully saturated rings. The number of pyridine rings is 1. The van der Waals surface area contributed by atoms with Crippen molar-refractivity contribution < 1.29 is 9.47 Å². The van der Waals surface area contributed by atoms with Crippen LogP contribution in [-0.4, -0.2) is 46.5 Å². The molecule has 1 N–H and O–H groups in total. The van der Waals surface area contributed by atoms with Crippen LogP contribution in [0.1, 0.15) is 28.6 Å². The summed E-state index contributed by atoms with van der Waals surface area (Å²) in [6.07, 6.45) is -0.0672. The molecule has 4 rings (SSSR count). The van der Waals surface area contributed by atoms with Crippen LogP contribution in [0.5, 0.6) is 5.75 Å². The maximum absolute atomic E-state index is 6.05. The number of hydrogen-bond acceptors (Lipinski definition) is 6. The van der Waals surface area contributed by atoms with Crippen LogP contribution >= 0.6 is 0 Å². The predicted octanol–water partition coefficient (Wildman–Crippen LogP) is 3.76. The summed E-state index contributed by atoms with van der Waals surface area (Å²) in [7, 11) is 3.66. The van der Waals surface area contributed by atoms with Gasteiger partial charge in [-0.15, -0.1) is 0 Å². The Morgan fingerprint density at radius 2 is 2.03 bits per heavy atom. The summed E-state index contributed by atoms with van der Waals surface area (Å²) in [5, 5.41) is 7.73. The summed E-state index contributed by atoms with van der Waals surface area (Å²) >= 11 is 0. The van der Waals surface area contributed by atoms with Crippen LogP contribution in [0.3, 0.4) is 0 Å². The Balaban J connectivity index is 1.45. The Kier molecular flexibility index (Phi) is 6.01. The van der Waals surface area contributed by atoms with Crippen molar-refractivity contribution in [3.05, 3.63) is 65.0 Å². The number of aryl methyl sites for hydroxylation is 3. The van der Waals surface area contributed by atoms with Gasteiger partial charge in [-0.3, -0.25) is 9.58 Å². The molecule has 30 heavy (non-hydrogen) atoms. The van der Waals surface area contributed by atoms with Gasteiger partial charge in [-0.05, 0) is 37.6 Å². The number of nitrogens with zero attached hydrogens (tertiary/aromatic N) is 4. The highest BCUT2D eigenvalue weighted by Gasteiger charge is 2.24. The minimum Gasteiger partial charge on any atom is -0.496 e. The molecule has 3 aromatic rings. The number of morpholine rings is 1. The van der Waals surface area contributed by atoms with Gasteiger partial charge in [0, 0.05) is 44.0 Å². The lowest BCUT2D eigenvalue weighted by Crippen LogP contribution is -2.38. The fourth-order valence-electron chi connectivity index (χ4n) is 3.70. The Labute approximate surface area is 177 Å². The third-order valence-corrected chi connectivity index (χ3v) is 5.46. The van der Waals surface area contributed by atoms with Crippen molar-refractivity contribution in [2.45, 2.75) is 26.5 Å². The third-order valence-electron chi connectivity index (χ3n) is 5.46. The van der Waals surface area contributed by atoms with E-state index in [4.69, 9.17) is 14.5 Å². The van der Waals surface area contributed by atoms with Crippen LogP contribution in [-0.2, 0) is 18.3 Å². The van der Waals surface area contributed by atoms with Gasteiger partial charge < -0.3 is 14.8 Å². The molecule has 0 bridgehead atoms. The molecule has 7 heteroatoms. The summed E-state index contributed by atoms with van der Waals surface area (Å²) in [6, 6.07) is 14.3. The highest BCUT2D eigenvalue weighted by Crippen LogP contribution is 2.26. The van der Waals surface area contributed by atoms with Crippen LogP contribution in [0.15, 0.2) is 42.5 Å². The van der Waals surface area contributed by atoms with E-state index in [1.165, 1.54) is 11.1 Å². The maximum Gasteiger partial charge on any atom is 0.153 e. The van der Waals surface area contributed by atoms with Crippen LogP contribution < -0.4 is 10.1 Å². The fraction of sp³-hybridized carbons (Fsp3) is 0.391. The van der Waals surface area contributed by atoms with E-state index in [1.54, 1.807) is 7.11 Å². The quantitative estimate of drug-likeness (QED) is 0.671. The van der Waals surface area contributed by atoms with Crippen molar-refractivity contribution in [1.82, 2.24) is 19.7 Å². The Bertz CT molecular complexity index is 997. The minimum atomic E-state index is -0.0672. The van der Waals surface area contributed by atoms with Crippen molar-refractivity contribution in [2.24, 2.45) is 7.05 Å². The molecule has 1 aliphatic heterocycles. The second kappa shape index (κ2) is 8.85. The first-order valence-electron chi connectivity index (χ1n) is 10.2. The molecule has 0 aliphatic carbocycles. The zero-order chi connectivity index (χ0) is 21.1. The largest absolute Gasteiger partial charge is 0.496 e. The van der Waals surface area contributed by atoms with E-state index in [9.17, 15) is 0 Å². The molecule has 158 valence electrons. The van der Waals surface area contributed by atoms with Gasteiger partial charge in [0.2, 0.25) is 0 Å². The van der Waals surface area contributed by atoms with Gasteiger partial charge in [0.05, 0.1) is 19.4 Å². The first-order valence-corrected chi connectivity index (χ1v) is 10.2. The zero-order valence-corrected chi connectivity index (χ0v) is 18.1. The summed E-state index contributed by atoms with van der Waals surface area (Å²) in [6.45, 7) is 7.28. The summed E-state index contributed by atoms with van der Waals surface area (Å²) < 4.78 is 13.5. The lowest BCUT2D eigenvalue weighted by Gasteiger charge is -2.33. The van der Waals surface area contributed by atoms with Crippen molar-refractivity contribution in [3.63, 3.8) is 0 Å². The van der Waals surface area contributed by atoms with E-state index >= 15 is 0 Å². The molecular weight excluding hydrogens is 378 g/mol. The number of aromatic nitrogens is 3. The number of nitrogens with one attached hydrogen (secondary N) is 1. The normalized spacial score (nSPS) is 17.1. The van der Waals surface area contributed by atoms with Gasteiger partial charge >= 0.3 is 0 Å². The topological polar surface area (TPSA) is 64.4 Å². The molecule has 0 saturated carbocycles. The lowest BCUT2D eigenvalue weighted by molar-refractivity contribution is -0.0350. The van der Waals surface area contributed by atoms with Crippen LogP contribution in [0.2, 0.25) is 0 Å². The first-order chi connectivity index (χ1) is 14.5. The predicted molar refractivity (Wildman–Crippen MR) is 117 cm³/mol. The van der Waals surface area contributed by atoms with Crippen molar-refractivity contribution in [3.8, 4) is 5.75 Å². The highest BCUT2D eigenvalue weighted by atomic mass is 16.5. The monoisotopic (exact) mass is 407 g/mol. The van der Waals surface area contributed by atoms with Crippen LogP contribution in [0.25, 0.3) is 0 Å². The van der Waals surface area contributed by atoms with E-state index in [-0.39, 0.29) is 6.10 Å². The second-order valence-electron chi connectivity index (χ2n) is 7.78. The van der Waals surface area contributed by atoms with Crippen molar-refractivity contribution in [1.29, 1.82) is 0 Å². The van der Waals surface area contributed by atoms with E-state index in [2.05, 4.69) is 40.4 Å². The molecular formula is C23H29N5O2.